The van der Waals surface area contributed by atoms with Gasteiger partial charge in [-0.3, -0.25) is 4.79 Å². The maximum atomic E-state index is 14.5. The molecule has 2 N–H and O–H groups in total. The highest BCUT2D eigenvalue weighted by Crippen LogP contribution is 2.58. The van der Waals surface area contributed by atoms with Crippen molar-refractivity contribution in [3.8, 4) is 5.75 Å². The summed E-state index contributed by atoms with van der Waals surface area (Å²) >= 11 is 1.10. The maximum absolute atomic E-state index is 14.5. The molecule has 0 unspecified atom stereocenters. The minimum atomic E-state index is -1.18. The number of rotatable bonds is 3. The molecule has 9 heteroatoms. The number of carbonyl (C=O) groups is 1. The van der Waals surface area contributed by atoms with Crippen LogP contribution in [0.15, 0.2) is 35.4 Å². The molecular formula is C21H20F3N3O2S. The van der Waals surface area contributed by atoms with Crippen LogP contribution in [0.1, 0.15) is 30.0 Å². The fourth-order valence-electron chi connectivity index (χ4n) is 4.06. The summed E-state index contributed by atoms with van der Waals surface area (Å²) in [5.41, 5.74) is 6.76. The SMILES string of the molecule is CC(=O)N1N=C(c2cc(F)ccc2F)S[C@@]12c1cc(F)cc(C)c1OC[C@@H]2CCN. The van der Waals surface area contributed by atoms with Gasteiger partial charge in [0.25, 0.3) is 0 Å². The predicted octanol–water partition coefficient (Wildman–Crippen LogP) is 3.88. The Morgan fingerprint density at radius 3 is 2.77 bits per heavy atom. The molecule has 2 heterocycles. The molecule has 2 atom stereocenters. The summed E-state index contributed by atoms with van der Waals surface area (Å²) in [5.74, 6) is -2.08. The van der Waals surface area contributed by atoms with Gasteiger partial charge in [-0.15, -0.1) is 0 Å². The first kappa shape index (κ1) is 20.7. The lowest BCUT2D eigenvalue weighted by molar-refractivity contribution is -0.134. The summed E-state index contributed by atoms with van der Waals surface area (Å²) in [6.07, 6.45) is 0.459. The van der Waals surface area contributed by atoms with E-state index in [0.717, 1.165) is 30.0 Å². The standard InChI is InChI=1S/C21H20F3N3O2S/c1-11-7-15(23)9-17-19(11)29-10-13(5-6-25)21(17)27(12(2)28)26-20(30-21)16-8-14(22)3-4-18(16)24/h3-4,7-9,13H,5-6,10,25H2,1-2H3/t13-,21-/m0/s1. The van der Waals surface area contributed by atoms with E-state index < -0.39 is 28.2 Å². The van der Waals surface area contributed by atoms with E-state index in [0.29, 0.717) is 29.8 Å². The van der Waals surface area contributed by atoms with Crippen molar-refractivity contribution < 1.29 is 22.7 Å². The van der Waals surface area contributed by atoms with Gasteiger partial charge >= 0.3 is 0 Å². The zero-order valence-corrected chi connectivity index (χ0v) is 17.2. The van der Waals surface area contributed by atoms with Crippen LogP contribution in [0.5, 0.6) is 5.75 Å². The summed E-state index contributed by atoms with van der Waals surface area (Å²) < 4.78 is 48.7. The number of fused-ring (bicyclic) bond motifs is 2. The van der Waals surface area contributed by atoms with Gasteiger partial charge in [0, 0.05) is 24.0 Å². The summed E-state index contributed by atoms with van der Waals surface area (Å²) in [6, 6.07) is 5.72. The number of hydrogen-bond donors (Lipinski definition) is 1. The number of amides is 1. The topological polar surface area (TPSA) is 67.9 Å². The Labute approximate surface area is 176 Å². The number of thioether (sulfide) groups is 1. The number of halogens is 3. The molecule has 0 aromatic heterocycles. The van der Waals surface area contributed by atoms with Crippen LogP contribution in [0.4, 0.5) is 13.2 Å². The van der Waals surface area contributed by atoms with Crippen LogP contribution in [-0.2, 0) is 9.67 Å². The normalized spacial score (nSPS) is 22.7. The summed E-state index contributed by atoms with van der Waals surface area (Å²) in [6.45, 7) is 3.57. The Hall–Kier alpha value is -2.52. The highest BCUT2D eigenvalue weighted by molar-refractivity contribution is 8.15. The van der Waals surface area contributed by atoms with Crippen LogP contribution in [0.25, 0.3) is 0 Å². The van der Waals surface area contributed by atoms with Gasteiger partial charge in [-0.05, 0) is 55.8 Å². The summed E-state index contributed by atoms with van der Waals surface area (Å²) in [7, 11) is 0. The van der Waals surface area contributed by atoms with Gasteiger partial charge in [0.1, 0.15) is 28.2 Å². The molecule has 1 amide bonds. The Kier molecular flexibility index (Phi) is 5.27. The second-order valence-corrected chi connectivity index (χ2v) is 8.56. The van der Waals surface area contributed by atoms with Crippen molar-refractivity contribution in [2.75, 3.05) is 13.2 Å². The molecule has 0 saturated carbocycles. The Morgan fingerprint density at radius 2 is 2.07 bits per heavy atom. The van der Waals surface area contributed by atoms with Gasteiger partial charge < -0.3 is 10.5 Å². The third kappa shape index (κ3) is 3.16. The maximum Gasteiger partial charge on any atom is 0.241 e. The smallest absolute Gasteiger partial charge is 0.241 e. The van der Waals surface area contributed by atoms with Crippen LogP contribution < -0.4 is 10.5 Å². The second kappa shape index (κ2) is 7.63. The van der Waals surface area contributed by atoms with Crippen molar-refractivity contribution in [3.63, 3.8) is 0 Å². The highest BCUT2D eigenvalue weighted by Gasteiger charge is 2.57. The van der Waals surface area contributed by atoms with E-state index in [9.17, 15) is 18.0 Å². The van der Waals surface area contributed by atoms with Gasteiger partial charge in [0.15, 0.2) is 4.87 Å². The number of carbonyl (C=O) groups excluding carboxylic acids is 1. The second-order valence-electron chi connectivity index (χ2n) is 7.34. The largest absolute Gasteiger partial charge is 0.492 e. The van der Waals surface area contributed by atoms with Crippen molar-refractivity contribution in [2.45, 2.75) is 25.1 Å². The Balaban J connectivity index is 1.94. The quantitative estimate of drug-likeness (QED) is 0.795. The number of aryl methyl sites for hydroxylation is 1. The molecule has 2 aromatic carbocycles. The number of ether oxygens (including phenoxy) is 1. The average molecular weight is 435 g/mol. The number of nitrogens with zero attached hydrogens (tertiary/aromatic N) is 2. The van der Waals surface area contributed by atoms with Gasteiger partial charge in [-0.2, -0.15) is 5.10 Å². The molecule has 158 valence electrons. The van der Waals surface area contributed by atoms with Crippen molar-refractivity contribution in [3.05, 3.63) is 64.5 Å². The molecule has 2 aromatic rings. The number of nitrogens with two attached hydrogens (primary N) is 1. The van der Waals surface area contributed by atoms with Crippen LogP contribution in [0, 0.1) is 30.3 Å². The van der Waals surface area contributed by atoms with Gasteiger partial charge in [-0.25, -0.2) is 18.2 Å². The molecular weight excluding hydrogens is 415 g/mol. The average Bonchev–Trinajstić information content (AvgIpc) is 3.08. The van der Waals surface area contributed by atoms with E-state index in [-0.39, 0.29) is 23.1 Å². The number of benzene rings is 2. The molecule has 5 nitrogen and oxygen atoms in total. The molecule has 0 aliphatic carbocycles. The van der Waals surface area contributed by atoms with Crippen LogP contribution in [-0.4, -0.2) is 29.1 Å². The fourth-order valence-corrected chi connectivity index (χ4v) is 5.61. The molecule has 0 fully saturated rings. The molecule has 4 rings (SSSR count). The molecule has 2 aliphatic heterocycles. The molecule has 2 aliphatic rings. The van der Waals surface area contributed by atoms with Crippen molar-refractivity contribution in [1.82, 2.24) is 5.01 Å². The molecule has 0 bridgehead atoms. The van der Waals surface area contributed by atoms with E-state index >= 15 is 0 Å². The zero-order chi connectivity index (χ0) is 21.6. The lowest BCUT2D eigenvalue weighted by Crippen LogP contribution is -2.51. The minimum Gasteiger partial charge on any atom is -0.492 e. The first-order valence-corrected chi connectivity index (χ1v) is 10.3. The first-order valence-electron chi connectivity index (χ1n) is 9.45. The lowest BCUT2D eigenvalue weighted by atomic mass is 9.85. The monoisotopic (exact) mass is 435 g/mol. The summed E-state index contributed by atoms with van der Waals surface area (Å²) in [5, 5.41) is 5.74. The van der Waals surface area contributed by atoms with Gasteiger partial charge in [-0.1, -0.05) is 11.8 Å². The lowest BCUT2D eigenvalue weighted by Gasteiger charge is -2.45. The van der Waals surface area contributed by atoms with E-state index in [1.165, 1.54) is 24.1 Å². The van der Waals surface area contributed by atoms with E-state index in [1.807, 2.05) is 0 Å². The number of hydrazone groups is 1. The van der Waals surface area contributed by atoms with Crippen LogP contribution >= 0.6 is 11.8 Å². The van der Waals surface area contributed by atoms with E-state index in [1.54, 1.807) is 6.92 Å². The van der Waals surface area contributed by atoms with E-state index in [4.69, 9.17) is 10.5 Å². The van der Waals surface area contributed by atoms with Crippen molar-refractivity contribution in [1.29, 1.82) is 0 Å². The first-order chi connectivity index (χ1) is 14.3. The molecule has 1 spiro atoms. The van der Waals surface area contributed by atoms with Crippen molar-refractivity contribution >= 4 is 22.7 Å². The fraction of sp³-hybridized carbons (Fsp3) is 0.333. The number of hydrogen-bond acceptors (Lipinski definition) is 5. The third-order valence-corrected chi connectivity index (χ3v) is 6.87. The van der Waals surface area contributed by atoms with Gasteiger partial charge in [0.2, 0.25) is 5.91 Å². The van der Waals surface area contributed by atoms with Gasteiger partial charge in [0.05, 0.1) is 6.61 Å². The Morgan fingerprint density at radius 1 is 1.30 bits per heavy atom. The van der Waals surface area contributed by atoms with Crippen LogP contribution in [0.2, 0.25) is 0 Å². The van der Waals surface area contributed by atoms with Crippen LogP contribution in [0.3, 0.4) is 0 Å². The highest BCUT2D eigenvalue weighted by atomic mass is 32.2. The molecule has 30 heavy (non-hydrogen) atoms. The predicted molar refractivity (Wildman–Crippen MR) is 108 cm³/mol. The third-order valence-electron chi connectivity index (χ3n) is 5.34. The zero-order valence-electron chi connectivity index (χ0n) is 16.4. The molecule has 0 radical (unpaired) electrons. The summed E-state index contributed by atoms with van der Waals surface area (Å²) in [4.78, 5) is 11.5. The minimum absolute atomic E-state index is 0.0595. The van der Waals surface area contributed by atoms with Crippen molar-refractivity contribution in [2.24, 2.45) is 16.8 Å². The molecule has 0 saturated heterocycles. The Bertz CT molecular complexity index is 1060. The van der Waals surface area contributed by atoms with E-state index in [2.05, 4.69) is 5.10 Å².